The standard InChI is InChI=1S/C11H19N3O2S/c1-3-4-9-13-10(12)7(2)11(14-9)17-6-8(16)5-15/h8,15-16H,3-6H2,1-2H3,(H2,12,13,14). The number of aliphatic hydroxyl groups excluding tert-OH is 2. The van der Waals surface area contributed by atoms with Crippen LogP contribution in [0.1, 0.15) is 24.7 Å². The molecule has 0 saturated carbocycles. The average molecular weight is 257 g/mol. The molecule has 6 heteroatoms. The molecule has 0 aliphatic carbocycles. The summed E-state index contributed by atoms with van der Waals surface area (Å²) in [6.45, 7) is 3.68. The van der Waals surface area contributed by atoms with Crippen LogP contribution in [0.15, 0.2) is 5.03 Å². The highest BCUT2D eigenvalue weighted by Gasteiger charge is 2.11. The minimum atomic E-state index is -0.731. The van der Waals surface area contributed by atoms with Gasteiger partial charge in [-0.15, -0.1) is 11.8 Å². The fraction of sp³-hybridized carbons (Fsp3) is 0.636. The zero-order valence-electron chi connectivity index (χ0n) is 10.2. The second kappa shape index (κ2) is 6.78. The molecule has 0 aromatic carbocycles. The molecule has 1 aromatic rings. The highest BCUT2D eigenvalue weighted by molar-refractivity contribution is 7.99. The van der Waals surface area contributed by atoms with Gasteiger partial charge in [0.15, 0.2) is 0 Å². The topological polar surface area (TPSA) is 92.3 Å². The van der Waals surface area contributed by atoms with Crippen molar-refractivity contribution in [3.8, 4) is 0 Å². The maximum absolute atomic E-state index is 9.31. The molecular formula is C11H19N3O2S. The van der Waals surface area contributed by atoms with Crippen LogP contribution in [0, 0.1) is 6.92 Å². The number of aromatic nitrogens is 2. The van der Waals surface area contributed by atoms with Crippen molar-refractivity contribution in [3.05, 3.63) is 11.4 Å². The van der Waals surface area contributed by atoms with Crippen LogP contribution in [-0.4, -0.2) is 38.6 Å². The number of anilines is 1. The third-order valence-electron chi connectivity index (χ3n) is 2.28. The van der Waals surface area contributed by atoms with Gasteiger partial charge >= 0.3 is 0 Å². The summed E-state index contributed by atoms with van der Waals surface area (Å²) in [4.78, 5) is 8.62. The second-order valence-corrected chi connectivity index (χ2v) is 4.86. The summed E-state index contributed by atoms with van der Waals surface area (Å²) in [6, 6.07) is 0. The van der Waals surface area contributed by atoms with Crippen molar-refractivity contribution in [3.63, 3.8) is 0 Å². The maximum Gasteiger partial charge on any atom is 0.132 e. The molecule has 4 N–H and O–H groups in total. The molecule has 0 aliphatic heterocycles. The van der Waals surface area contributed by atoms with Crippen molar-refractivity contribution >= 4 is 17.6 Å². The molecule has 96 valence electrons. The Bertz CT molecular complexity index is 374. The van der Waals surface area contributed by atoms with Gasteiger partial charge in [-0.3, -0.25) is 0 Å². The van der Waals surface area contributed by atoms with Crippen molar-refractivity contribution in [2.75, 3.05) is 18.1 Å². The van der Waals surface area contributed by atoms with Crippen LogP contribution in [0.25, 0.3) is 0 Å². The van der Waals surface area contributed by atoms with Crippen molar-refractivity contribution in [2.24, 2.45) is 0 Å². The highest BCUT2D eigenvalue weighted by atomic mass is 32.2. The van der Waals surface area contributed by atoms with Crippen LogP contribution in [0.5, 0.6) is 0 Å². The monoisotopic (exact) mass is 257 g/mol. The summed E-state index contributed by atoms with van der Waals surface area (Å²) in [5, 5.41) is 18.8. The number of hydrogen-bond donors (Lipinski definition) is 3. The predicted molar refractivity (Wildman–Crippen MR) is 69.0 cm³/mol. The number of aliphatic hydroxyl groups is 2. The number of rotatable bonds is 6. The minimum absolute atomic E-state index is 0.242. The lowest BCUT2D eigenvalue weighted by Gasteiger charge is -2.11. The smallest absolute Gasteiger partial charge is 0.132 e. The fourth-order valence-electron chi connectivity index (χ4n) is 1.26. The minimum Gasteiger partial charge on any atom is -0.394 e. The molecular weight excluding hydrogens is 238 g/mol. The van der Waals surface area contributed by atoms with E-state index in [2.05, 4.69) is 16.9 Å². The molecule has 17 heavy (non-hydrogen) atoms. The van der Waals surface area contributed by atoms with Gasteiger partial charge in [-0.05, 0) is 13.3 Å². The van der Waals surface area contributed by atoms with E-state index >= 15 is 0 Å². The Kier molecular flexibility index (Phi) is 5.67. The van der Waals surface area contributed by atoms with Crippen LogP contribution in [0.3, 0.4) is 0 Å². The first-order chi connectivity index (χ1) is 8.08. The Morgan fingerprint density at radius 1 is 1.41 bits per heavy atom. The van der Waals surface area contributed by atoms with E-state index in [4.69, 9.17) is 10.8 Å². The van der Waals surface area contributed by atoms with Gasteiger partial charge in [0, 0.05) is 17.7 Å². The van der Waals surface area contributed by atoms with E-state index in [9.17, 15) is 5.11 Å². The van der Waals surface area contributed by atoms with Crippen molar-refractivity contribution in [1.29, 1.82) is 0 Å². The number of thioether (sulfide) groups is 1. The zero-order valence-corrected chi connectivity index (χ0v) is 11.0. The summed E-state index contributed by atoms with van der Waals surface area (Å²) in [6.07, 6.45) is 1.03. The number of hydrogen-bond acceptors (Lipinski definition) is 6. The molecule has 1 rings (SSSR count). The summed E-state index contributed by atoms with van der Waals surface area (Å²) in [7, 11) is 0. The Labute approximate surface area is 105 Å². The van der Waals surface area contributed by atoms with Gasteiger partial charge in [0.25, 0.3) is 0 Å². The van der Waals surface area contributed by atoms with E-state index in [1.165, 1.54) is 11.8 Å². The van der Waals surface area contributed by atoms with E-state index in [0.29, 0.717) is 11.6 Å². The number of aryl methyl sites for hydroxylation is 1. The van der Waals surface area contributed by atoms with Gasteiger partial charge < -0.3 is 15.9 Å². The van der Waals surface area contributed by atoms with Crippen LogP contribution in [0.4, 0.5) is 5.82 Å². The molecule has 0 aliphatic rings. The third kappa shape index (κ3) is 4.14. The van der Waals surface area contributed by atoms with Crippen LogP contribution in [-0.2, 0) is 6.42 Å². The van der Waals surface area contributed by atoms with Gasteiger partial charge in [0.05, 0.1) is 12.7 Å². The van der Waals surface area contributed by atoms with E-state index < -0.39 is 6.10 Å². The first-order valence-electron chi connectivity index (χ1n) is 5.63. The third-order valence-corrected chi connectivity index (χ3v) is 3.50. The van der Waals surface area contributed by atoms with Crippen molar-refractivity contribution < 1.29 is 10.2 Å². The predicted octanol–water partition coefficient (Wildman–Crippen LogP) is 0.765. The highest BCUT2D eigenvalue weighted by Crippen LogP contribution is 2.24. The van der Waals surface area contributed by atoms with Crippen LogP contribution >= 0.6 is 11.8 Å². The summed E-state index contributed by atoms with van der Waals surface area (Å²) in [5.41, 5.74) is 6.65. The molecule has 5 nitrogen and oxygen atoms in total. The Morgan fingerprint density at radius 2 is 2.12 bits per heavy atom. The molecule has 1 heterocycles. The van der Waals surface area contributed by atoms with E-state index in [-0.39, 0.29) is 6.61 Å². The quantitative estimate of drug-likeness (QED) is 0.515. The van der Waals surface area contributed by atoms with E-state index in [0.717, 1.165) is 29.3 Å². The summed E-state index contributed by atoms with van der Waals surface area (Å²) < 4.78 is 0. The van der Waals surface area contributed by atoms with Crippen LogP contribution in [0.2, 0.25) is 0 Å². The lowest BCUT2D eigenvalue weighted by Crippen LogP contribution is -2.15. The maximum atomic E-state index is 9.31. The molecule has 0 amide bonds. The second-order valence-electron chi connectivity index (χ2n) is 3.85. The zero-order chi connectivity index (χ0) is 12.8. The lowest BCUT2D eigenvalue weighted by molar-refractivity contribution is 0.113. The first kappa shape index (κ1) is 14.2. The van der Waals surface area contributed by atoms with Gasteiger partial charge in [0.1, 0.15) is 16.7 Å². The Hall–Kier alpha value is -0.850. The van der Waals surface area contributed by atoms with Gasteiger partial charge in [-0.2, -0.15) is 0 Å². The first-order valence-corrected chi connectivity index (χ1v) is 6.61. The Morgan fingerprint density at radius 3 is 2.71 bits per heavy atom. The van der Waals surface area contributed by atoms with Gasteiger partial charge in [-0.25, -0.2) is 9.97 Å². The van der Waals surface area contributed by atoms with Crippen molar-refractivity contribution in [2.45, 2.75) is 37.8 Å². The van der Waals surface area contributed by atoms with E-state index in [1.54, 1.807) is 0 Å². The van der Waals surface area contributed by atoms with Gasteiger partial charge in [-0.1, -0.05) is 6.92 Å². The number of nitrogens with two attached hydrogens (primary N) is 1. The normalized spacial score (nSPS) is 12.7. The molecule has 0 radical (unpaired) electrons. The van der Waals surface area contributed by atoms with Gasteiger partial charge in [0.2, 0.25) is 0 Å². The largest absolute Gasteiger partial charge is 0.394 e. The molecule has 0 saturated heterocycles. The Balaban J connectivity index is 2.82. The fourth-order valence-corrected chi connectivity index (χ4v) is 2.21. The molecule has 0 spiro atoms. The lowest BCUT2D eigenvalue weighted by atomic mass is 10.3. The molecule has 0 bridgehead atoms. The molecule has 1 aromatic heterocycles. The average Bonchev–Trinajstić information content (AvgIpc) is 2.31. The SMILES string of the molecule is CCCc1nc(N)c(C)c(SCC(O)CO)n1. The number of nitrogens with zero attached hydrogens (tertiary/aromatic N) is 2. The summed E-state index contributed by atoms with van der Waals surface area (Å²) >= 11 is 1.39. The molecule has 1 atom stereocenters. The van der Waals surface area contributed by atoms with Crippen molar-refractivity contribution in [1.82, 2.24) is 9.97 Å². The summed E-state index contributed by atoms with van der Waals surface area (Å²) in [5.74, 6) is 1.63. The van der Waals surface area contributed by atoms with E-state index in [1.807, 2.05) is 6.92 Å². The number of nitrogen functional groups attached to an aromatic ring is 1. The molecule has 0 fully saturated rings. The molecule has 1 unspecified atom stereocenters. The van der Waals surface area contributed by atoms with Crippen LogP contribution < -0.4 is 5.73 Å².